The fourth-order valence-corrected chi connectivity index (χ4v) is 1.61. The minimum Gasteiger partial charge on any atom is -0.490 e. The Kier molecular flexibility index (Phi) is 4.46. The highest BCUT2D eigenvalue weighted by molar-refractivity contribution is 9.08. The molecule has 0 N–H and O–H groups in total. The molecule has 0 aromatic heterocycles. The zero-order valence-corrected chi connectivity index (χ0v) is 10.1. The van der Waals surface area contributed by atoms with E-state index in [1.165, 1.54) is 6.07 Å². The fraction of sp³-hybridized carbons (Fsp3) is 0.400. The lowest BCUT2D eigenvalue weighted by atomic mass is 10.2. The second kappa shape index (κ2) is 5.43. The van der Waals surface area contributed by atoms with Gasteiger partial charge in [0.25, 0.3) is 0 Å². The van der Waals surface area contributed by atoms with Gasteiger partial charge in [-0.05, 0) is 13.0 Å². The Hall–Kier alpha value is -0.910. The molecule has 16 heavy (non-hydrogen) atoms. The first kappa shape index (κ1) is 13.2. The van der Waals surface area contributed by atoms with Gasteiger partial charge >= 0.3 is 6.36 Å². The van der Waals surface area contributed by atoms with Crippen molar-refractivity contribution in [3.63, 3.8) is 0 Å². The van der Waals surface area contributed by atoms with E-state index in [9.17, 15) is 13.2 Å². The lowest BCUT2D eigenvalue weighted by Crippen LogP contribution is -2.18. The van der Waals surface area contributed by atoms with Crippen molar-refractivity contribution in [3.05, 3.63) is 23.8 Å². The van der Waals surface area contributed by atoms with Gasteiger partial charge in [-0.3, -0.25) is 0 Å². The quantitative estimate of drug-likeness (QED) is 0.786. The van der Waals surface area contributed by atoms with Crippen LogP contribution in [0.15, 0.2) is 18.2 Å². The number of alkyl halides is 4. The van der Waals surface area contributed by atoms with Crippen LogP contribution in [0.4, 0.5) is 13.2 Å². The van der Waals surface area contributed by atoms with Crippen LogP contribution in [0.3, 0.4) is 0 Å². The van der Waals surface area contributed by atoms with Crippen LogP contribution in [0.25, 0.3) is 0 Å². The van der Waals surface area contributed by atoms with E-state index < -0.39 is 6.36 Å². The lowest BCUT2D eigenvalue weighted by Gasteiger charge is -2.15. The Labute approximate surface area is 99.5 Å². The van der Waals surface area contributed by atoms with Crippen molar-refractivity contribution in [2.45, 2.75) is 18.6 Å². The van der Waals surface area contributed by atoms with E-state index in [-0.39, 0.29) is 23.4 Å². The summed E-state index contributed by atoms with van der Waals surface area (Å²) in [5.74, 6) is -0.189. The van der Waals surface area contributed by atoms with Crippen molar-refractivity contribution < 1.29 is 22.6 Å². The largest absolute Gasteiger partial charge is 0.573 e. The summed E-state index contributed by atoms with van der Waals surface area (Å²) in [5, 5.41) is 0.263. The SMILES string of the molecule is CCOc1cccc(CBr)c1OC(F)(F)F. The summed E-state index contributed by atoms with van der Waals surface area (Å²) < 4.78 is 45.6. The predicted molar refractivity (Wildman–Crippen MR) is 56.9 cm³/mol. The van der Waals surface area contributed by atoms with E-state index in [1.807, 2.05) is 0 Å². The van der Waals surface area contributed by atoms with Gasteiger partial charge in [-0.25, -0.2) is 0 Å². The van der Waals surface area contributed by atoms with Gasteiger partial charge in [0, 0.05) is 10.9 Å². The Morgan fingerprint density at radius 2 is 2.00 bits per heavy atom. The van der Waals surface area contributed by atoms with E-state index >= 15 is 0 Å². The zero-order chi connectivity index (χ0) is 12.2. The van der Waals surface area contributed by atoms with Crippen LogP contribution in [0.5, 0.6) is 11.5 Å². The molecule has 0 radical (unpaired) electrons. The molecule has 90 valence electrons. The smallest absolute Gasteiger partial charge is 0.490 e. The first-order chi connectivity index (χ1) is 7.48. The minimum absolute atomic E-state index is 0.0942. The summed E-state index contributed by atoms with van der Waals surface area (Å²) >= 11 is 3.10. The average molecular weight is 299 g/mol. The van der Waals surface area contributed by atoms with E-state index in [4.69, 9.17) is 4.74 Å². The van der Waals surface area contributed by atoms with E-state index in [0.717, 1.165) is 0 Å². The summed E-state index contributed by atoms with van der Waals surface area (Å²) in [7, 11) is 0. The highest BCUT2D eigenvalue weighted by Crippen LogP contribution is 2.36. The molecule has 0 heterocycles. The zero-order valence-electron chi connectivity index (χ0n) is 8.47. The standard InChI is InChI=1S/C10H10BrF3O2/c1-2-15-8-5-3-4-7(6-11)9(8)16-10(12,13)14/h3-5H,2,6H2,1H3. The molecule has 0 saturated carbocycles. The predicted octanol–water partition coefficient (Wildman–Crippen LogP) is 3.88. The summed E-state index contributed by atoms with van der Waals surface area (Å²) in [6.07, 6.45) is -4.72. The fourth-order valence-electron chi connectivity index (χ4n) is 1.17. The normalized spacial score (nSPS) is 11.3. The maximum atomic E-state index is 12.2. The van der Waals surface area contributed by atoms with Gasteiger partial charge in [0.1, 0.15) is 0 Å². The van der Waals surface area contributed by atoms with Gasteiger partial charge in [-0.15, -0.1) is 13.2 Å². The van der Waals surface area contributed by atoms with E-state index in [1.54, 1.807) is 19.1 Å². The molecule has 2 nitrogen and oxygen atoms in total. The Balaban J connectivity index is 3.09. The Morgan fingerprint density at radius 3 is 2.50 bits per heavy atom. The molecule has 0 spiro atoms. The van der Waals surface area contributed by atoms with Crippen LogP contribution in [-0.2, 0) is 5.33 Å². The molecular weight excluding hydrogens is 289 g/mol. The number of hydrogen-bond donors (Lipinski definition) is 0. The van der Waals surface area contributed by atoms with E-state index in [0.29, 0.717) is 5.56 Å². The monoisotopic (exact) mass is 298 g/mol. The average Bonchev–Trinajstić information content (AvgIpc) is 2.19. The van der Waals surface area contributed by atoms with Gasteiger partial charge < -0.3 is 9.47 Å². The van der Waals surface area contributed by atoms with E-state index in [2.05, 4.69) is 20.7 Å². The Morgan fingerprint density at radius 1 is 1.31 bits per heavy atom. The highest BCUT2D eigenvalue weighted by Gasteiger charge is 2.33. The third kappa shape index (κ3) is 3.59. The summed E-state index contributed by atoms with van der Waals surface area (Å²) in [6.45, 7) is 1.97. The van der Waals surface area contributed by atoms with Gasteiger partial charge in [-0.2, -0.15) is 0 Å². The van der Waals surface area contributed by atoms with Crippen molar-refractivity contribution >= 4 is 15.9 Å². The molecule has 0 aliphatic rings. The summed E-state index contributed by atoms with van der Waals surface area (Å²) in [4.78, 5) is 0. The minimum atomic E-state index is -4.72. The van der Waals surface area contributed by atoms with Crippen molar-refractivity contribution in [3.8, 4) is 11.5 Å². The van der Waals surface area contributed by atoms with Gasteiger partial charge in [0.2, 0.25) is 0 Å². The molecular formula is C10H10BrF3O2. The second-order valence-corrected chi connectivity index (χ2v) is 3.42. The summed E-state index contributed by atoms with van der Waals surface area (Å²) in [5.41, 5.74) is 0.392. The van der Waals surface area contributed by atoms with Crippen LogP contribution in [0.1, 0.15) is 12.5 Å². The number of halogens is 4. The Bertz CT molecular complexity index is 352. The van der Waals surface area contributed by atoms with Crippen LogP contribution in [0, 0.1) is 0 Å². The van der Waals surface area contributed by atoms with Crippen molar-refractivity contribution in [2.24, 2.45) is 0 Å². The number of hydrogen-bond acceptors (Lipinski definition) is 2. The topological polar surface area (TPSA) is 18.5 Å². The van der Waals surface area contributed by atoms with Crippen LogP contribution >= 0.6 is 15.9 Å². The third-order valence-corrected chi connectivity index (χ3v) is 2.33. The molecule has 1 aromatic rings. The number of rotatable bonds is 4. The third-order valence-electron chi connectivity index (χ3n) is 1.72. The summed E-state index contributed by atoms with van der Waals surface area (Å²) in [6, 6.07) is 4.60. The lowest BCUT2D eigenvalue weighted by molar-refractivity contribution is -0.275. The first-order valence-electron chi connectivity index (χ1n) is 4.54. The van der Waals surface area contributed by atoms with Gasteiger partial charge in [-0.1, -0.05) is 28.1 Å². The van der Waals surface area contributed by atoms with Crippen molar-refractivity contribution in [2.75, 3.05) is 6.61 Å². The van der Waals surface area contributed by atoms with Crippen LogP contribution in [0.2, 0.25) is 0 Å². The molecule has 0 saturated heterocycles. The molecule has 0 unspecified atom stereocenters. The van der Waals surface area contributed by atoms with Gasteiger partial charge in [0.15, 0.2) is 11.5 Å². The molecule has 1 rings (SSSR count). The molecule has 0 aliphatic carbocycles. The number of para-hydroxylation sites is 1. The maximum Gasteiger partial charge on any atom is 0.573 e. The van der Waals surface area contributed by atoms with Crippen LogP contribution in [-0.4, -0.2) is 13.0 Å². The molecule has 0 atom stereocenters. The second-order valence-electron chi connectivity index (χ2n) is 2.86. The first-order valence-corrected chi connectivity index (χ1v) is 5.66. The molecule has 1 aromatic carbocycles. The number of benzene rings is 1. The number of ether oxygens (including phenoxy) is 2. The molecule has 6 heteroatoms. The molecule has 0 bridgehead atoms. The molecule has 0 amide bonds. The van der Waals surface area contributed by atoms with Crippen molar-refractivity contribution in [1.82, 2.24) is 0 Å². The van der Waals surface area contributed by atoms with Crippen LogP contribution < -0.4 is 9.47 Å². The highest BCUT2D eigenvalue weighted by atomic mass is 79.9. The molecule has 0 fully saturated rings. The van der Waals surface area contributed by atoms with Crippen molar-refractivity contribution in [1.29, 1.82) is 0 Å². The van der Waals surface area contributed by atoms with Gasteiger partial charge in [0.05, 0.1) is 6.61 Å². The maximum absolute atomic E-state index is 12.2. The molecule has 0 aliphatic heterocycles.